The number of carbonyl (C=O) groups excluding carboxylic acids is 1. The molecule has 1 aliphatic carbocycles. The van der Waals surface area contributed by atoms with Gasteiger partial charge in [-0.3, -0.25) is 9.69 Å². The standard InChI is InChI=1S/C20H27N5O/c1-23-11-12-25(19-17(13-21)3-2-9-22-19)15-20(23)7-6-18(26)24(10-8-20)14-16-4-5-16/h2-3,9,16H,4-8,10-12,14-15H2,1H3/t20-/m0/s1. The van der Waals surface area contributed by atoms with E-state index in [1.165, 1.54) is 12.8 Å². The third-order valence-electron chi connectivity index (χ3n) is 6.39. The Labute approximate surface area is 155 Å². The number of hydrogen-bond donors (Lipinski definition) is 0. The normalized spacial score (nSPS) is 27.5. The monoisotopic (exact) mass is 353 g/mol. The van der Waals surface area contributed by atoms with Crippen LogP contribution in [-0.2, 0) is 4.79 Å². The molecule has 4 rings (SSSR count). The van der Waals surface area contributed by atoms with Crippen molar-refractivity contribution in [2.75, 3.05) is 44.7 Å². The predicted molar refractivity (Wildman–Crippen MR) is 99.7 cm³/mol. The summed E-state index contributed by atoms with van der Waals surface area (Å²) in [6.07, 6.45) is 6.81. The van der Waals surface area contributed by atoms with Crippen LogP contribution in [0.2, 0.25) is 0 Å². The maximum absolute atomic E-state index is 12.6. The summed E-state index contributed by atoms with van der Waals surface area (Å²) in [5.74, 6) is 1.84. The van der Waals surface area contributed by atoms with Crippen molar-refractivity contribution >= 4 is 11.7 Å². The lowest BCUT2D eigenvalue weighted by molar-refractivity contribution is -0.130. The number of rotatable bonds is 3. The molecule has 0 unspecified atom stereocenters. The van der Waals surface area contributed by atoms with Crippen molar-refractivity contribution in [3.8, 4) is 6.07 Å². The van der Waals surface area contributed by atoms with Gasteiger partial charge in [-0.15, -0.1) is 0 Å². The van der Waals surface area contributed by atoms with Gasteiger partial charge in [0.05, 0.1) is 5.56 Å². The van der Waals surface area contributed by atoms with E-state index in [2.05, 4.69) is 32.8 Å². The minimum Gasteiger partial charge on any atom is -0.352 e. The summed E-state index contributed by atoms with van der Waals surface area (Å²) in [6, 6.07) is 5.92. The van der Waals surface area contributed by atoms with E-state index in [1.54, 1.807) is 6.20 Å². The van der Waals surface area contributed by atoms with E-state index < -0.39 is 0 Å². The van der Waals surface area contributed by atoms with Gasteiger partial charge in [0.1, 0.15) is 11.9 Å². The molecule has 1 aromatic heterocycles. The predicted octanol–water partition coefficient (Wildman–Crippen LogP) is 1.87. The molecular weight excluding hydrogens is 326 g/mol. The van der Waals surface area contributed by atoms with Crippen LogP contribution in [0, 0.1) is 17.2 Å². The van der Waals surface area contributed by atoms with Gasteiger partial charge < -0.3 is 9.80 Å². The van der Waals surface area contributed by atoms with Crippen molar-refractivity contribution in [3.05, 3.63) is 23.9 Å². The highest BCUT2D eigenvalue weighted by atomic mass is 16.2. The molecule has 1 aromatic rings. The van der Waals surface area contributed by atoms with Crippen LogP contribution in [0.4, 0.5) is 5.82 Å². The smallest absolute Gasteiger partial charge is 0.222 e. The molecule has 0 N–H and O–H groups in total. The number of likely N-dealkylation sites (N-methyl/N-ethyl adjacent to an activating group) is 1. The van der Waals surface area contributed by atoms with Crippen LogP contribution in [0.25, 0.3) is 0 Å². The van der Waals surface area contributed by atoms with E-state index in [1.807, 2.05) is 12.1 Å². The summed E-state index contributed by atoms with van der Waals surface area (Å²) in [4.78, 5) is 23.9. The minimum atomic E-state index is -0.0174. The summed E-state index contributed by atoms with van der Waals surface area (Å²) >= 11 is 0. The van der Waals surface area contributed by atoms with Crippen LogP contribution in [0.5, 0.6) is 0 Å². The van der Waals surface area contributed by atoms with Crippen molar-refractivity contribution in [3.63, 3.8) is 0 Å². The molecule has 1 spiro atoms. The highest BCUT2D eigenvalue weighted by molar-refractivity contribution is 5.76. The third-order valence-corrected chi connectivity index (χ3v) is 6.39. The van der Waals surface area contributed by atoms with Crippen molar-refractivity contribution in [2.24, 2.45) is 5.92 Å². The van der Waals surface area contributed by atoms with Gasteiger partial charge >= 0.3 is 0 Å². The molecule has 1 saturated carbocycles. The van der Waals surface area contributed by atoms with E-state index in [0.717, 1.165) is 57.3 Å². The lowest BCUT2D eigenvalue weighted by Gasteiger charge is -2.49. The maximum atomic E-state index is 12.6. The molecule has 26 heavy (non-hydrogen) atoms. The minimum absolute atomic E-state index is 0.0174. The number of nitrogens with zero attached hydrogens (tertiary/aromatic N) is 5. The number of hydrogen-bond acceptors (Lipinski definition) is 5. The summed E-state index contributed by atoms with van der Waals surface area (Å²) in [6.45, 7) is 4.42. The number of pyridine rings is 1. The number of likely N-dealkylation sites (tertiary alicyclic amines) is 1. The largest absolute Gasteiger partial charge is 0.352 e. The lowest BCUT2D eigenvalue weighted by Crippen LogP contribution is -2.61. The Morgan fingerprint density at radius 2 is 2.15 bits per heavy atom. The average molecular weight is 353 g/mol. The number of amides is 1. The second-order valence-electron chi connectivity index (χ2n) is 8.09. The molecule has 6 heteroatoms. The fourth-order valence-electron chi connectivity index (χ4n) is 4.42. The Morgan fingerprint density at radius 3 is 2.92 bits per heavy atom. The van der Waals surface area contributed by atoms with Crippen LogP contribution in [0.15, 0.2) is 18.3 Å². The lowest BCUT2D eigenvalue weighted by atomic mass is 9.86. The fourth-order valence-corrected chi connectivity index (χ4v) is 4.42. The van der Waals surface area contributed by atoms with Gasteiger partial charge in [-0.05, 0) is 50.8 Å². The molecule has 0 radical (unpaired) electrons. The number of carbonyl (C=O) groups is 1. The van der Waals surface area contributed by atoms with Crippen molar-refractivity contribution in [1.82, 2.24) is 14.8 Å². The molecule has 3 aliphatic rings. The van der Waals surface area contributed by atoms with Gasteiger partial charge in [-0.1, -0.05) is 0 Å². The number of nitriles is 1. The van der Waals surface area contributed by atoms with E-state index in [0.29, 0.717) is 17.9 Å². The second kappa shape index (κ2) is 6.88. The molecule has 1 atom stereocenters. The summed E-state index contributed by atoms with van der Waals surface area (Å²) in [5, 5.41) is 9.43. The van der Waals surface area contributed by atoms with Gasteiger partial charge in [-0.25, -0.2) is 4.98 Å². The molecule has 6 nitrogen and oxygen atoms in total. The number of aromatic nitrogens is 1. The molecule has 0 bridgehead atoms. The van der Waals surface area contributed by atoms with E-state index in [4.69, 9.17) is 0 Å². The van der Waals surface area contributed by atoms with Gasteiger partial charge in [0.25, 0.3) is 0 Å². The number of piperazine rings is 1. The molecule has 1 amide bonds. The van der Waals surface area contributed by atoms with Crippen molar-refractivity contribution in [2.45, 2.75) is 37.6 Å². The molecule has 138 valence electrons. The van der Waals surface area contributed by atoms with Crippen LogP contribution in [0.3, 0.4) is 0 Å². The summed E-state index contributed by atoms with van der Waals surface area (Å²) < 4.78 is 0. The first-order valence-electron chi connectivity index (χ1n) is 9.70. The molecule has 3 heterocycles. The highest BCUT2D eigenvalue weighted by Gasteiger charge is 2.43. The number of anilines is 1. The summed E-state index contributed by atoms with van der Waals surface area (Å²) in [7, 11) is 2.18. The van der Waals surface area contributed by atoms with E-state index >= 15 is 0 Å². The first-order chi connectivity index (χ1) is 12.6. The zero-order valence-corrected chi connectivity index (χ0v) is 15.5. The summed E-state index contributed by atoms with van der Waals surface area (Å²) in [5.41, 5.74) is 0.614. The van der Waals surface area contributed by atoms with E-state index in [-0.39, 0.29) is 5.54 Å². The van der Waals surface area contributed by atoms with Gasteiger partial charge in [0.2, 0.25) is 5.91 Å². The zero-order chi connectivity index (χ0) is 18.1. The fraction of sp³-hybridized carbons (Fsp3) is 0.650. The van der Waals surface area contributed by atoms with Gasteiger partial charge in [0, 0.05) is 50.9 Å². The first kappa shape index (κ1) is 17.3. The average Bonchev–Trinajstić information content (AvgIpc) is 3.50. The van der Waals surface area contributed by atoms with Crippen molar-refractivity contribution < 1.29 is 4.79 Å². The molecule has 3 fully saturated rings. The Kier molecular flexibility index (Phi) is 4.58. The molecule has 0 aromatic carbocycles. The zero-order valence-electron chi connectivity index (χ0n) is 15.5. The molecular formula is C20H27N5O. The Hall–Kier alpha value is -2.13. The Bertz CT molecular complexity index is 725. The van der Waals surface area contributed by atoms with E-state index in [9.17, 15) is 10.1 Å². The second-order valence-corrected chi connectivity index (χ2v) is 8.09. The SMILES string of the molecule is CN1CCN(c2ncccc2C#N)C[C@@]12CCC(=O)N(CC1CC1)CC2. The Balaban J connectivity index is 1.54. The van der Waals surface area contributed by atoms with Crippen LogP contribution >= 0.6 is 0 Å². The van der Waals surface area contributed by atoms with Crippen LogP contribution < -0.4 is 4.90 Å². The topological polar surface area (TPSA) is 63.5 Å². The van der Waals surface area contributed by atoms with Crippen LogP contribution in [0.1, 0.15) is 37.7 Å². The Morgan fingerprint density at radius 1 is 1.31 bits per heavy atom. The first-order valence-corrected chi connectivity index (χ1v) is 9.70. The van der Waals surface area contributed by atoms with Crippen LogP contribution in [-0.4, -0.2) is 66.0 Å². The third kappa shape index (κ3) is 3.28. The van der Waals surface area contributed by atoms with Crippen molar-refractivity contribution in [1.29, 1.82) is 5.26 Å². The van der Waals surface area contributed by atoms with Gasteiger partial charge in [0.15, 0.2) is 0 Å². The molecule has 2 aliphatic heterocycles. The molecule has 2 saturated heterocycles. The maximum Gasteiger partial charge on any atom is 0.222 e. The quantitative estimate of drug-likeness (QED) is 0.830. The van der Waals surface area contributed by atoms with Gasteiger partial charge in [-0.2, -0.15) is 5.26 Å². The highest BCUT2D eigenvalue weighted by Crippen LogP contribution is 2.36.